The number of aryl methyl sites for hydroxylation is 1. The van der Waals surface area contributed by atoms with Crippen molar-refractivity contribution < 1.29 is 18.7 Å². The fourth-order valence-electron chi connectivity index (χ4n) is 2.85. The minimum absolute atomic E-state index is 0.0834. The van der Waals surface area contributed by atoms with Crippen molar-refractivity contribution in [1.82, 2.24) is 0 Å². The largest absolute Gasteiger partial charge is 0.494 e. The molecule has 3 aromatic rings. The molecule has 0 aromatic heterocycles. The number of ether oxygens (including phenoxy) is 1. The molecule has 7 heteroatoms. The van der Waals surface area contributed by atoms with Gasteiger partial charge in [-0.15, -0.1) is 0 Å². The van der Waals surface area contributed by atoms with Crippen molar-refractivity contribution in [3.8, 4) is 5.75 Å². The molecule has 0 aliphatic rings. The maximum absolute atomic E-state index is 13.8. The van der Waals surface area contributed by atoms with E-state index in [2.05, 4.69) is 16.0 Å². The van der Waals surface area contributed by atoms with E-state index in [0.29, 0.717) is 23.5 Å². The highest BCUT2D eigenvalue weighted by atomic mass is 19.1. The van der Waals surface area contributed by atoms with Crippen molar-refractivity contribution in [2.24, 2.45) is 0 Å². The van der Waals surface area contributed by atoms with Crippen LogP contribution in [-0.4, -0.2) is 25.0 Å². The molecular weight excluding hydrogens is 397 g/mol. The minimum Gasteiger partial charge on any atom is -0.494 e. The number of rotatable bonds is 8. The van der Waals surface area contributed by atoms with E-state index in [4.69, 9.17) is 4.74 Å². The van der Waals surface area contributed by atoms with Crippen LogP contribution in [0.25, 0.3) is 0 Å². The average Bonchev–Trinajstić information content (AvgIpc) is 2.75. The van der Waals surface area contributed by atoms with Gasteiger partial charge in [0.15, 0.2) is 0 Å². The highest BCUT2D eigenvalue weighted by Crippen LogP contribution is 2.18. The van der Waals surface area contributed by atoms with E-state index in [1.165, 1.54) is 6.07 Å². The molecule has 0 spiro atoms. The van der Waals surface area contributed by atoms with Crippen molar-refractivity contribution in [2.75, 3.05) is 29.1 Å². The summed E-state index contributed by atoms with van der Waals surface area (Å²) in [5.41, 5.74) is 2.71. The van der Waals surface area contributed by atoms with Gasteiger partial charge >= 0.3 is 0 Å². The van der Waals surface area contributed by atoms with Gasteiger partial charge in [-0.05, 0) is 80.1 Å². The lowest BCUT2D eigenvalue weighted by atomic mass is 10.2. The molecule has 0 aliphatic heterocycles. The number of benzene rings is 3. The molecule has 0 saturated heterocycles. The maximum Gasteiger partial charge on any atom is 0.255 e. The second-order valence-corrected chi connectivity index (χ2v) is 6.87. The quantitative estimate of drug-likeness (QED) is 0.486. The molecular formula is C24H24FN3O3. The Morgan fingerprint density at radius 2 is 1.55 bits per heavy atom. The highest BCUT2D eigenvalue weighted by Gasteiger charge is 2.09. The molecule has 2 amide bonds. The first-order chi connectivity index (χ1) is 14.9. The lowest BCUT2D eigenvalue weighted by Crippen LogP contribution is -2.22. The lowest BCUT2D eigenvalue weighted by Gasteiger charge is -2.10. The SMILES string of the molecule is CCOc1ccc(NC(=O)c2ccc(NC(=O)CNc3ccc(C)cc3F)cc2)cc1. The summed E-state index contributed by atoms with van der Waals surface area (Å²) >= 11 is 0. The average molecular weight is 421 g/mol. The Bertz CT molecular complexity index is 1050. The van der Waals surface area contributed by atoms with Crippen LogP contribution in [0, 0.1) is 12.7 Å². The number of carbonyl (C=O) groups is 2. The Morgan fingerprint density at radius 1 is 0.903 bits per heavy atom. The van der Waals surface area contributed by atoms with E-state index in [0.717, 1.165) is 11.3 Å². The van der Waals surface area contributed by atoms with E-state index in [1.54, 1.807) is 67.6 Å². The molecule has 31 heavy (non-hydrogen) atoms. The van der Waals surface area contributed by atoms with Crippen LogP contribution in [0.2, 0.25) is 0 Å². The van der Waals surface area contributed by atoms with Crippen LogP contribution in [0.15, 0.2) is 66.7 Å². The normalized spacial score (nSPS) is 10.3. The van der Waals surface area contributed by atoms with E-state index < -0.39 is 5.82 Å². The van der Waals surface area contributed by atoms with Crippen LogP contribution in [-0.2, 0) is 4.79 Å². The van der Waals surface area contributed by atoms with Crippen LogP contribution in [0.1, 0.15) is 22.8 Å². The van der Waals surface area contributed by atoms with Crippen molar-refractivity contribution in [2.45, 2.75) is 13.8 Å². The summed E-state index contributed by atoms with van der Waals surface area (Å²) in [5.74, 6) is -0.263. The van der Waals surface area contributed by atoms with Crippen LogP contribution >= 0.6 is 0 Å². The summed E-state index contributed by atoms with van der Waals surface area (Å²) in [6.07, 6.45) is 0. The van der Waals surface area contributed by atoms with E-state index in [1.807, 2.05) is 6.92 Å². The number of hydrogen-bond acceptors (Lipinski definition) is 4. The molecule has 0 unspecified atom stereocenters. The van der Waals surface area contributed by atoms with Gasteiger partial charge in [0, 0.05) is 16.9 Å². The fourth-order valence-corrected chi connectivity index (χ4v) is 2.85. The van der Waals surface area contributed by atoms with Gasteiger partial charge in [-0.1, -0.05) is 6.07 Å². The number of anilines is 3. The van der Waals surface area contributed by atoms with Crippen LogP contribution in [0.4, 0.5) is 21.5 Å². The molecule has 0 heterocycles. The van der Waals surface area contributed by atoms with Crippen molar-refractivity contribution in [1.29, 1.82) is 0 Å². The van der Waals surface area contributed by atoms with Crippen LogP contribution in [0.5, 0.6) is 5.75 Å². The number of hydrogen-bond donors (Lipinski definition) is 3. The summed E-state index contributed by atoms with van der Waals surface area (Å²) < 4.78 is 19.2. The van der Waals surface area contributed by atoms with Gasteiger partial charge in [0.25, 0.3) is 5.91 Å². The number of halogens is 1. The van der Waals surface area contributed by atoms with E-state index in [-0.39, 0.29) is 24.0 Å². The molecule has 0 saturated carbocycles. The first-order valence-electron chi connectivity index (χ1n) is 9.89. The van der Waals surface area contributed by atoms with Gasteiger partial charge in [-0.3, -0.25) is 9.59 Å². The first-order valence-corrected chi connectivity index (χ1v) is 9.89. The monoisotopic (exact) mass is 421 g/mol. The molecule has 0 bridgehead atoms. The van der Waals surface area contributed by atoms with Gasteiger partial charge in [-0.25, -0.2) is 4.39 Å². The standard InChI is InChI=1S/C24H24FN3O3/c1-3-31-20-11-9-19(10-12-20)28-24(30)17-5-7-18(8-6-17)27-23(29)15-26-22-13-4-16(2)14-21(22)25/h4-14,26H,3,15H2,1-2H3,(H,27,29)(H,28,30). The zero-order valence-corrected chi connectivity index (χ0v) is 17.4. The van der Waals surface area contributed by atoms with Crippen LogP contribution < -0.4 is 20.7 Å². The van der Waals surface area contributed by atoms with Crippen molar-refractivity contribution >= 4 is 28.9 Å². The molecule has 6 nitrogen and oxygen atoms in total. The van der Waals surface area contributed by atoms with Gasteiger partial charge in [0.1, 0.15) is 11.6 Å². The second-order valence-electron chi connectivity index (χ2n) is 6.87. The third kappa shape index (κ3) is 6.30. The van der Waals surface area contributed by atoms with Crippen molar-refractivity contribution in [3.63, 3.8) is 0 Å². The number of amides is 2. The Hall–Kier alpha value is -3.87. The first kappa shape index (κ1) is 21.8. The molecule has 160 valence electrons. The Balaban J connectivity index is 1.51. The van der Waals surface area contributed by atoms with Gasteiger partial charge < -0.3 is 20.7 Å². The molecule has 0 radical (unpaired) electrons. The molecule has 0 aliphatic carbocycles. The third-order valence-corrected chi connectivity index (χ3v) is 4.42. The zero-order valence-electron chi connectivity index (χ0n) is 17.4. The molecule has 3 N–H and O–H groups in total. The summed E-state index contributed by atoms with van der Waals surface area (Å²) in [6, 6.07) is 18.4. The topological polar surface area (TPSA) is 79.5 Å². The maximum atomic E-state index is 13.8. The second kappa shape index (κ2) is 10.2. The predicted octanol–water partition coefficient (Wildman–Crippen LogP) is 4.84. The van der Waals surface area contributed by atoms with E-state index in [9.17, 15) is 14.0 Å². The Labute approximate surface area is 180 Å². The lowest BCUT2D eigenvalue weighted by molar-refractivity contribution is -0.114. The molecule has 3 aromatic carbocycles. The minimum atomic E-state index is -0.407. The summed E-state index contributed by atoms with van der Waals surface area (Å²) in [5, 5.41) is 8.28. The van der Waals surface area contributed by atoms with Crippen LogP contribution in [0.3, 0.4) is 0 Å². The van der Waals surface area contributed by atoms with Gasteiger partial charge in [-0.2, -0.15) is 0 Å². The molecule has 3 rings (SSSR count). The third-order valence-electron chi connectivity index (χ3n) is 4.42. The van der Waals surface area contributed by atoms with Gasteiger partial charge in [0.05, 0.1) is 18.8 Å². The zero-order chi connectivity index (χ0) is 22.2. The predicted molar refractivity (Wildman–Crippen MR) is 120 cm³/mol. The van der Waals surface area contributed by atoms with E-state index >= 15 is 0 Å². The summed E-state index contributed by atoms with van der Waals surface area (Å²) in [4.78, 5) is 24.5. The molecule has 0 atom stereocenters. The Morgan fingerprint density at radius 3 is 2.19 bits per heavy atom. The highest BCUT2D eigenvalue weighted by molar-refractivity contribution is 6.04. The molecule has 0 fully saturated rings. The van der Waals surface area contributed by atoms with Gasteiger partial charge in [0.2, 0.25) is 5.91 Å². The summed E-state index contributed by atoms with van der Waals surface area (Å²) in [7, 11) is 0. The fraction of sp³-hybridized carbons (Fsp3) is 0.167. The summed E-state index contributed by atoms with van der Waals surface area (Å²) in [6.45, 7) is 4.19. The smallest absolute Gasteiger partial charge is 0.255 e. The Kier molecular flexibility index (Phi) is 7.22. The number of carbonyl (C=O) groups excluding carboxylic acids is 2. The number of nitrogens with one attached hydrogen (secondary N) is 3. The van der Waals surface area contributed by atoms with Crippen molar-refractivity contribution in [3.05, 3.63) is 83.7 Å².